The van der Waals surface area contributed by atoms with Gasteiger partial charge in [-0.25, -0.2) is 5.48 Å². The molecule has 3 unspecified atom stereocenters. The van der Waals surface area contributed by atoms with Gasteiger partial charge in [-0.3, -0.25) is 19.3 Å². The highest BCUT2D eigenvalue weighted by molar-refractivity contribution is 6.24. The molecule has 9 aromatic rings. The topological polar surface area (TPSA) is 97.3 Å². The third kappa shape index (κ3) is 10.5. The van der Waals surface area contributed by atoms with Gasteiger partial charge in [0, 0.05) is 0 Å². The Labute approximate surface area is 428 Å². The van der Waals surface area contributed by atoms with Crippen LogP contribution in [0.25, 0.3) is 70.7 Å². The van der Waals surface area contributed by atoms with Gasteiger partial charge in [-0.05, 0) is 154 Å². The Bertz CT molecular complexity index is 3330. The number of aliphatic hydroxyl groups is 1. The van der Waals surface area contributed by atoms with Gasteiger partial charge in [-0.2, -0.15) is 5.06 Å². The van der Waals surface area contributed by atoms with Crippen molar-refractivity contribution in [1.29, 1.82) is 0 Å². The summed E-state index contributed by atoms with van der Waals surface area (Å²) in [4.78, 5) is 37.0. The first kappa shape index (κ1) is 51.7. The lowest BCUT2D eigenvalue weighted by Crippen LogP contribution is -2.58. The number of halogens is 1. The Morgan fingerprint density at radius 3 is 1.69 bits per heavy atom. The molecule has 1 aliphatic rings. The van der Waals surface area contributed by atoms with Crippen LogP contribution >= 0.6 is 12.4 Å². The molecule has 1 heterocycles. The van der Waals surface area contributed by atoms with Crippen molar-refractivity contribution < 1.29 is 29.1 Å². The van der Waals surface area contributed by atoms with Gasteiger partial charge < -0.3 is 9.84 Å². The number of rotatable bonds is 18. The summed E-state index contributed by atoms with van der Waals surface area (Å²) in [6, 6.07) is 49.7. The number of carbonyl (C=O) groups is 2. The van der Waals surface area contributed by atoms with Crippen molar-refractivity contribution in [3.63, 3.8) is 0 Å². The standard InChI is InChI=1S/C36H35NO3.C27H29NO3.ClH/c1-4-32-37(35(38)36(2,3)31(40-32)23-16-25-11-6-5-7-12-25)39-24-9-8-13-26-17-18-29-20-19-27-14-10-15-28-21-22-30(26)34(29)33(27)28;1-4-23(29)27(2,3)26(30)28-31-17-6-5-8-18-11-12-21-14-13-19-9-7-10-20-15-16-22(18)25(21)24(19)20;/h4-7,10-12,14-23,31-32H,1,8-9,13,24H2,2-3H3;4,7,9-16,23,29H,1,5-6,8,17H2,2-3H3,(H,28,30);1H/b23-16+;;. The predicted molar refractivity (Wildman–Crippen MR) is 298 cm³/mol. The minimum Gasteiger partial charge on any atom is -0.388 e. The van der Waals surface area contributed by atoms with E-state index in [-0.39, 0.29) is 24.2 Å². The van der Waals surface area contributed by atoms with Crippen LogP contribution in [0.5, 0.6) is 0 Å². The zero-order chi connectivity index (χ0) is 49.7. The Morgan fingerprint density at radius 2 is 1.18 bits per heavy atom. The molecule has 72 heavy (non-hydrogen) atoms. The molecule has 370 valence electrons. The molecule has 2 N–H and O–H groups in total. The normalized spacial score (nSPS) is 16.4. The van der Waals surface area contributed by atoms with Crippen molar-refractivity contribution in [2.45, 2.75) is 84.7 Å². The number of hydroxylamine groups is 3. The maximum Gasteiger partial charge on any atom is 0.257 e. The average Bonchev–Trinajstić information content (AvgIpc) is 3.39. The van der Waals surface area contributed by atoms with Crippen molar-refractivity contribution >= 4 is 94.9 Å². The fraction of sp³-hybridized carbons (Fsp3) is 0.270. The number of hydrogen-bond acceptors (Lipinski definition) is 6. The number of unbranched alkanes of at least 4 members (excludes halogenated alkanes) is 2. The molecule has 1 saturated heterocycles. The van der Waals surface area contributed by atoms with Crippen molar-refractivity contribution in [3.05, 3.63) is 188 Å². The van der Waals surface area contributed by atoms with Crippen LogP contribution < -0.4 is 5.48 Å². The van der Waals surface area contributed by atoms with E-state index in [1.807, 2.05) is 56.3 Å². The molecule has 1 fully saturated rings. The summed E-state index contributed by atoms with van der Waals surface area (Å²) in [5.41, 5.74) is 4.45. The maximum absolute atomic E-state index is 13.5. The second kappa shape index (κ2) is 22.4. The zero-order valence-corrected chi connectivity index (χ0v) is 42.6. The molecule has 2 amide bonds. The minimum atomic E-state index is -0.983. The van der Waals surface area contributed by atoms with Gasteiger partial charge in [0.15, 0.2) is 6.23 Å². The summed E-state index contributed by atoms with van der Waals surface area (Å²) in [6.07, 6.45) is 10.4. The van der Waals surface area contributed by atoms with Crippen molar-refractivity contribution in [2.24, 2.45) is 10.8 Å². The molecule has 3 atom stereocenters. The van der Waals surface area contributed by atoms with Crippen molar-refractivity contribution in [3.8, 4) is 0 Å². The van der Waals surface area contributed by atoms with E-state index < -0.39 is 29.3 Å². The minimum absolute atomic E-state index is 0. The van der Waals surface area contributed by atoms with Gasteiger partial charge >= 0.3 is 0 Å². The summed E-state index contributed by atoms with van der Waals surface area (Å²) >= 11 is 0. The smallest absolute Gasteiger partial charge is 0.257 e. The number of amides is 2. The monoisotopic (exact) mass is 980 g/mol. The molecule has 9 heteroatoms. The van der Waals surface area contributed by atoms with Crippen LogP contribution in [-0.2, 0) is 36.8 Å². The fourth-order valence-electron chi connectivity index (χ4n) is 10.0. The van der Waals surface area contributed by atoms with E-state index in [9.17, 15) is 14.7 Å². The van der Waals surface area contributed by atoms with Crippen LogP contribution in [-0.4, -0.2) is 53.6 Å². The summed E-state index contributed by atoms with van der Waals surface area (Å²) in [5.74, 6) is -0.454. The Balaban J connectivity index is 0.000000196. The number of ether oxygens (including phenoxy) is 1. The number of benzene rings is 9. The van der Waals surface area contributed by atoms with Crippen molar-refractivity contribution in [2.75, 3.05) is 13.2 Å². The zero-order valence-electron chi connectivity index (χ0n) is 41.7. The van der Waals surface area contributed by atoms with Gasteiger partial charge in [0.05, 0.1) is 36.3 Å². The highest BCUT2D eigenvalue weighted by atomic mass is 35.5. The highest BCUT2D eigenvalue weighted by Crippen LogP contribution is 2.39. The second-order valence-corrected chi connectivity index (χ2v) is 19.9. The summed E-state index contributed by atoms with van der Waals surface area (Å²) in [7, 11) is 0. The van der Waals surface area contributed by atoms with Crippen LogP contribution in [0.2, 0.25) is 0 Å². The number of aryl methyl sites for hydroxylation is 2. The first-order valence-electron chi connectivity index (χ1n) is 24.9. The molecule has 0 saturated carbocycles. The Morgan fingerprint density at radius 1 is 0.694 bits per heavy atom. The number of nitrogens with zero attached hydrogens (tertiary/aromatic N) is 1. The average molecular weight is 982 g/mol. The van der Waals surface area contributed by atoms with Crippen LogP contribution in [0.4, 0.5) is 0 Å². The molecule has 9 aromatic carbocycles. The molecular weight excluding hydrogens is 916 g/mol. The molecule has 0 aromatic heterocycles. The number of carbonyl (C=O) groups excluding carboxylic acids is 2. The summed E-state index contributed by atoms with van der Waals surface area (Å²) < 4.78 is 6.26. The molecule has 0 radical (unpaired) electrons. The lowest BCUT2D eigenvalue weighted by Gasteiger charge is -2.44. The second-order valence-electron chi connectivity index (χ2n) is 19.9. The van der Waals surface area contributed by atoms with E-state index in [0.717, 1.165) is 44.1 Å². The van der Waals surface area contributed by atoms with E-state index >= 15 is 0 Å². The van der Waals surface area contributed by atoms with E-state index in [2.05, 4.69) is 128 Å². The van der Waals surface area contributed by atoms with E-state index in [4.69, 9.17) is 14.4 Å². The number of hydrogen-bond donors (Lipinski definition) is 2. The van der Waals surface area contributed by atoms with Gasteiger partial charge in [-0.1, -0.05) is 164 Å². The number of nitrogens with one attached hydrogen (secondary N) is 1. The maximum atomic E-state index is 13.5. The van der Waals surface area contributed by atoms with Crippen LogP contribution in [0.15, 0.2) is 171 Å². The fourth-order valence-corrected chi connectivity index (χ4v) is 10.0. The first-order valence-corrected chi connectivity index (χ1v) is 24.9. The van der Waals surface area contributed by atoms with Crippen LogP contribution in [0, 0.1) is 10.8 Å². The van der Waals surface area contributed by atoms with Gasteiger partial charge in [0.2, 0.25) is 0 Å². The quantitative estimate of drug-likeness (QED) is 0.0385. The van der Waals surface area contributed by atoms with E-state index in [0.29, 0.717) is 13.2 Å². The summed E-state index contributed by atoms with van der Waals surface area (Å²) in [5, 5.41) is 27.0. The molecule has 10 rings (SSSR count). The van der Waals surface area contributed by atoms with E-state index in [1.54, 1.807) is 19.9 Å². The first-order chi connectivity index (χ1) is 34.4. The third-order valence-corrected chi connectivity index (χ3v) is 14.4. The van der Waals surface area contributed by atoms with Crippen molar-refractivity contribution in [1.82, 2.24) is 10.5 Å². The predicted octanol–water partition coefficient (Wildman–Crippen LogP) is 14.3. The summed E-state index contributed by atoms with van der Waals surface area (Å²) in [6.45, 7) is 15.4. The third-order valence-electron chi connectivity index (χ3n) is 14.4. The molecule has 0 spiro atoms. The molecule has 8 nitrogen and oxygen atoms in total. The SMILES string of the molecule is C=CC(O)C(C)(C)C(=O)NOCCCCc1ccc2ccc3cccc4ccc1c2c34.C=CC1OC(/C=C/c2ccccc2)C(C)(C)C(=O)N1OCCCCc1ccc2ccc3cccc4ccc1c2c34.Cl. The van der Waals surface area contributed by atoms with Gasteiger partial charge in [0.1, 0.15) is 0 Å². The number of aliphatic hydroxyl groups excluding tert-OH is 1. The lowest BCUT2D eigenvalue weighted by molar-refractivity contribution is -0.275. The van der Waals surface area contributed by atoms with Gasteiger partial charge in [0.25, 0.3) is 11.8 Å². The van der Waals surface area contributed by atoms with Crippen LogP contribution in [0.3, 0.4) is 0 Å². The Kier molecular flexibility index (Phi) is 16.1. The largest absolute Gasteiger partial charge is 0.388 e. The lowest BCUT2D eigenvalue weighted by atomic mass is 9.83. The molecule has 0 aliphatic carbocycles. The highest BCUT2D eigenvalue weighted by Gasteiger charge is 2.48. The molecule has 1 aliphatic heterocycles. The van der Waals surface area contributed by atoms with Crippen LogP contribution in [0.1, 0.15) is 70.1 Å². The molecular formula is C63H65ClN2O6. The molecule has 0 bridgehead atoms. The van der Waals surface area contributed by atoms with Gasteiger partial charge in [-0.15, -0.1) is 19.0 Å². The van der Waals surface area contributed by atoms with E-state index in [1.165, 1.54) is 86.9 Å². The Hall–Kier alpha value is -6.65.